The highest BCUT2D eigenvalue weighted by atomic mass is 16.6. The maximum atomic E-state index is 11.7. The zero-order chi connectivity index (χ0) is 11.3. The average Bonchev–Trinajstić information content (AvgIpc) is 2.18. The number of hydrogen-bond acceptors (Lipinski definition) is 2. The minimum Gasteiger partial charge on any atom is -0.456 e. The maximum absolute atomic E-state index is 11.7. The Labute approximate surface area is 91.3 Å². The SMILES string of the molecule is CCCC(C)(C)OC(=O)c1ccccc1. The Morgan fingerprint density at radius 2 is 1.87 bits per heavy atom. The molecule has 0 saturated carbocycles. The summed E-state index contributed by atoms with van der Waals surface area (Å²) in [5.74, 6) is -0.242. The number of carbonyl (C=O) groups is 1. The molecule has 0 aliphatic carbocycles. The van der Waals surface area contributed by atoms with Crippen LogP contribution >= 0.6 is 0 Å². The number of rotatable bonds is 4. The van der Waals surface area contributed by atoms with Crippen LogP contribution in [0.4, 0.5) is 0 Å². The lowest BCUT2D eigenvalue weighted by atomic mass is 10.0. The predicted molar refractivity (Wildman–Crippen MR) is 60.8 cm³/mol. The molecule has 1 aromatic rings. The molecule has 0 bridgehead atoms. The topological polar surface area (TPSA) is 26.3 Å². The molecule has 0 N–H and O–H groups in total. The van der Waals surface area contributed by atoms with Gasteiger partial charge < -0.3 is 4.74 Å². The summed E-state index contributed by atoms with van der Waals surface area (Å²) in [6, 6.07) is 9.09. The molecule has 0 atom stereocenters. The molecule has 0 spiro atoms. The zero-order valence-corrected chi connectivity index (χ0v) is 9.62. The van der Waals surface area contributed by atoms with Crippen molar-refractivity contribution >= 4 is 5.97 Å². The van der Waals surface area contributed by atoms with E-state index in [1.54, 1.807) is 12.1 Å². The van der Waals surface area contributed by atoms with Crippen molar-refractivity contribution in [1.82, 2.24) is 0 Å². The van der Waals surface area contributed by atoms with Gasteiger partial charge in [0.2, 0.25) is 0 Å². The molecule has 0 heterocycles. The molecule has 0 fully saturated rings. The van der Waals surface area contributed by atoms with Gasteiger partial charge in [0, 0.05) is 0 Å². The van der Waals surface area contributed by atoms with Crippen molar-refractivity contribution in [2.45, 2.75) is 39.2 Å². The van der Waals surface area contributed by atoms with Gasteiger partial charge in [0.05, 0.1) is 5.56 Å². The van der Waals surface area contributed by atoms with Crippen molar-refractivity contribution < 1.29 is 9.53 Å². The van der Waals surface area contributed by atoms with Crippen LogP contribution in [0.15, 0.2) is 30.3 Å². The highest BCUT2D eigenvalue weighted by Crippen LogP contribution is 2.18. The number of carbonyl (C=O) groups excluding carboxylic acids is 1. The number of ether oxygens (including phenoxy) is 1. The molecule has 1 aromatic carbocycles. The standard InChI is InChI=1S/C13H18O2/c1-4-10-13(2,3)15-12(14)11-8-6-5-7-9-11/h5-9H,4,10H2,1-3H3. The summed E-state index contributed by atoms with van der Waals surface area (Å²) in [4.78, 5) is 11.7. The minimum absolute atomic E-state index is 0.242. The van der Waals surface area contributed by atoms with Crippen LogP contribution in [0.2, 0.25) is 0 Å². The Kier molecular flexibility index (Phi) is 3.89. The third-order valence-electron chi connectivity index (χ3n) is 2.23. The highest BCUT2D eigenvalue weighted by molar-refractivity contribution is 5.89. The molecule has 1 rings (SSSR count). The lowest BCUT2D eigenvalue weighted by Gasteiger charge is -2.24. The van der Waals surface area contributed by atoms with Gasteiger partial charge in [-0.25, -0.2) is 4.79 Å². The van der Waals surface area contributed by atoms with Crippen molar-refractivity contribution in [3.63, 3.8) is 0 Å². The van der Waals surface area contributed by atoms with Gasteiger partial charge >= 0.3 is 5.97 Å². The van der Waals surface area contributed by atoms with E-state index in [1.807, 2.05) is 32.0 Å². The molecule has 0 radical (unpaired) electrons. The van der Waals surface area contributed by atoms with E-state index >= 15 is 0 Å². The van der Waals surface area contributed by atoms with Crippen LogP contribution in [0.25, 0.3) is 0 Å². The van der Waals surface area contributed by atoms with E-state index in [0.29, 0.717) is 5.56 Å². The average molecular weight is 206 g/mol. The molecule has 0 saturated heterocycles. The maximum Gasteiger partial charge on any atom is 0.338 e. The monoisotopic (exact) mass is 206 g/mol. The summed E-state index contributed by atoms with van der Waals surface area (Å²) in [5.41, 5.74) is 0.239. The van der Waals surface area contributed by atoms with Gasteiger partial charge in [-0.2, -0.15) is 0 Å². The highest BCUT2D eigenvalue weighted by Gasteiger charge is 2.22. The van der Waals surface area contributed by atoms with Gasteiger partial charge in [-0.3, -0.25) is 0 Å². The fraction of sp³-hybridized carbons (Fsp3) is 0.462. The second-order valence-corrected chi connectivity index (χ2v) is 4.27. The first kappa shape index (κ1) is 11.8. The summed E-state index contributed by atoms with van der Waals surface area (Å²) in [6.07, 6.45) is 1.89. The van der Waals surface area contributed by atoms with Crippen molar-refractivity contribution in [2.75, 3.05) is 0 Å². The predicted octanol–water partition coefficient (Wildman–Crippen LogP) is 3.42. The fourth-order valence-corrected chi connectivity index (χ4v) is 1.54. The van der Waals surface area contributed by atoms with Crippen LogP contribution in [0.3, 0.4) is 0 Å². The van der Waals surface area contributed by atoms with Crippen molar-refractivity contribution in [3.05, 3.63) is 35.9 Å². The molecular formula is C13H18O2. The number of esters is 1. The number of benzene rings is 1. The van der Waals surface area contributed by atoms with Crippen LogP contribution in [0, 0.1) is 0 Å². The molecule has 0 unspecified atom stereocenters. The molecular weight excluding hydrogens is 188 g/mol. The van der Waals surface area contributed by atoms with Gasteiger partial charge in [0.1, 0.15) is 5.60 Å². The Balaban J connectivity index is 2.64. The minimum atomic E-state index is -0.373. The van der Waals surface area contributed by atoms with Gasteiger partial charge in [0.25, 0.3) is 0 Å². The Bertz CT molecular complexity index is 315. The van der Waals surface area contributed by atoms with Gasteiger partial charge in [-0.1, -0.05) is 31.5 Å². The van der Waals surface area contributed by atoms with Crippen LogP contribution < -0.4 is 0 Å². The largest absolute Gasteiger partial charge is 0.456 e. The van der Waals surface area contributed by atoms with Crippen LogP contribution in [-0.2, 0) is 4.74 Å². The van der Waals surface area contributed by atoms with E-state index < -0.39 is 0 Å². The lowest BCUT2D eigenvalue weighted by molar-refractivity contribution is -0.00472. The van der Waals surface area contributed by atoms with E-state index in [4.69, 9.17) is 4.74 Å². The van der Waals surface area contributed by atoms with Crippen molar-refractivity contribution in [2.24, 2.45) is 0 Å². The van der Waals surface area contributed by atoms with E-state index in [1.165, 1.54) is 0 Å². The van der Waals surface area contributed by atoms with Crippen LogP contribution in [-0.4, -0.2) is 11.6 Å². The van der Waals surface area contributed by atoms with Gasteiger partial charge in [0.15, 0.2) is 0 Å². The summed E-state index contributed by atoms with van der Waals surface area (Å²) in [7, 11) is 0. The molecule has 2 nitrogen and oxygen atoms in total. The first-order chi connectivity index (χ1) is 7.05. The molecule has 82 valence electrons. The Hall–Kier alpha value is -1.31. The molecule has 2 heteroatoms. The number of hydrogen-bond donors (Lipinski definition) is 0. The lowest BCUT2D eigenvalue weighted by Crippen LogP contribution is -2.27. The Morgan fingerprint density at radius 1 is 1.27 bits per heavy atom. The van der Waals surface area contributed by atoms with Crippen molar-refractivity contribution in [1.29, 1.82) is 0 Å². The quantitative estimate of drug-likeness (QED) is 0.705. The molecule has 0 amide bonds. The van der Waals surface area contributed by atoms with Crippen molar-refractivity contribution in [3.8, 4) is 0 Å². The second-order valence-electron chi connectivity index (χ2n) is 4.27. The first-order valence-corrected chi connectivity index (χ1v) is 5.33. The van der Waals surface area contributed by atoms with Gasteiger partial charge in [-0.05, 0) is 32.4 Å². The van der Waals surface area contributed by atoms with Crippen LogP contribution in [0.1, 0.15) is 44.0 Å². The van der Waals surface area contributed by atoms with E-state index in [2.05, 4.69) is 6.92 Å². The molecule has 0 aliphatic heterocycles. The summed E-state index contributed by atoms with van der Waals surface area (Å²) in [5, 5.41) is 0. The van der Waals surface area contributed by atoms with E-state index in [9.17, 15) is 4.79 Å². The summed E-state index contributed by atoms with van der Waals surface area (Å²) < 4.78 is 5.43. The molecule has 15 heavy (non-hydrogen) atoms. The zero-order valence-electron chi connectivity index (χ0n) is 9.62. The second kappa shape index (κ2) is 4.96. The third-order valence-corrected chi connectivity index (χ3v) is 2.23. The Morgan fingerprint density at radius 3 is 2.40 bits per heavy atom. The van der Waals surface area contributed by atoms with E-state index in [-0.39, 0.29) is 11.6 Å². The fourth-order valence-electron chi connectivity index (χ4n) is 1.54. The molecule has 0 aliphatic rings. The summed E-state index contributed by atoms with van der Waals surface area (Å²) >= 11 is 0. The third kappa shape index (κ3) is 3.74. The van der Waals surface area contributed by atoms with E-state index in [0.717, 1.165) is 12.8 Å². The first-order valence-electron chi connectivity index (χ1n) is 5.33. The normalized spacial score (nSPS) is 11.1. The molecule has 0 aromatic heterocycles. The summed E-state index contributed by atoms with van der Waals surface area (Å²) in [6.45, 7) is 5.97. The smallest absolute Gasteiger partial charge is 0.338 e. The van der Waals surface area contributed by atoms with Crippen LogP contribution in [0.5, 0.6) is 0 Å². The van der Waals surface area contributed by atoms with Gasteiger partial charge in [-0.15, -0.1) is 0 Å².